The van der Waals surface area contributed by atoms with E-state index in [1.165, 1.54) is 32.1 Å². The van der Waals surface area contributed by atoms with E-state index in [1.807, 2.05) is 0 Å². The molecule has 1 atom stereocenters. The third-order valence-electron chi connectivity index (χ3n) is 3.51. The molecule has 0 bridgehead atoms. The van der Waals surface area contributed by atoms with Gasteiger partial charge in [0.05, 0.1) is 0 Å². The molecule has 0 amide bonds. The first-order chi connectivity index (χ1) is 8.69. The molecule has 0 saturated carbocycles. The lowest BCUT2D eigenvalue weighted by molar-refractivity contribution is 0.434. The molecule has 0 aliphatic heterocycles. The van der Waals surface area contributed by atoms with Crippen molar-refractivity contribution in [3.63, 3.8) is 0 Å². The molecule has 2 heteroatoms. The molecule has 1 unspecified atom stereocenters. The van der Waals surface area contributed by atoms with Gasteiger partial charge in [-0.1, -0.05) is 46.0 Å². The lowest BCUT2D eigenvalue weighted by Crippen LogP contribution is -2.00. The summed E-state index contributed by atoms with van der Waals surface area (Å²) >= 11 is 0. The monoisotopic (exact) mass is 250 g/mol. The van der Waals surface area contributed by atoms with E-state index in [-0.39, 0.29) is 5.75 Å². The van der Waals surface area contributed by atoms with E-state index in [1.54, 1.807) is 18.2 Å². The number of unbranched alkanes of at least 4 members (excludes halogenated alkanes) is 3. The number of phenols is 2. The van der Waals surface area contributed by atoms with E-state index in [0.717, 1.165) is 18.4 Å². The normalized spacial score (nSPS) is 12.6. The highest BCUT2D eigenvalue weighted by Crippen LogP contribution is 2.35. The van der Waals surface area contributed by atoms with Crippen LogP contribution in [0.3, 0.4) is 0 Å². The molecule has 0 heterocycles. The Morgan fingerprint density at radius 2 is 1.61 bits per heavy atom. The molecule has 102 valence electrons. The highest BCUT2D eigenvalue weighted by molar-refractivity contribution is 5.40. The average Bonchev–Trinajstić information content (AvgIpc) is 2.37. The van der Waals surface area contributed by atoms with Gasteiger partial charge in [-0.05, 0) is 37.0 Å². The standard InChI is InChI=1S/C16H26O2/c1-3-5-7-9-13(8-6-4-2)15-12-14(17)10-11-16(15)18/h10-13,17-18H,3-9H2,1-2H3. The van der Waals surface area contributed by atoms with Crippen LogP contribution in [-0.2, 0) is 0 Å². The summed E-state index contributed by atoms with van der Waals surface area (Å²) in [6.07, 6.45) is 8.19. The predicted molar refractivity (Wildman–Crippen MR) is 76.2 cm³/mol. The average molecular weight is 250 g/mol. The third kappa shape index (κ3) is 4.59. The lowest BCUT2D eigenvalue weighted by atomic mass is 9.88. The third-order valence-corrected chi connectivity index (χ3v) is 3.51. The molecule has 2 N–H and O–H groups in total. The summed E-state index contributed by atoms with van der Waals surface area (Å²) in [5.74, 6) is 0.953. The predicted octanol–water partition coefficient (Wildman–Crippen LogP) is 4.95. The summed E-state index contributed by atoms with van der Waals surface area (Å²) in [7, 11) is 0. The summed E-state index contributed by atoms with van der Waals surface area (Å²) < 4.78 is 0. The number of benzene rings is 1. The Labute approximate surface area is 111 Å². The van der Waals surface area contributed by atoms with Crippen molar-refractivity contribution in [2.24, 2.45) is 0 Å². The van der Waals surface area contributed by atoms with Gasteiger partial charge in [-0.25, -0.2) is 0 Å². The molecule has 0 aromatic heterocycles. The van der Waals surface area contributed by atoms with Crippen LogP contribution in [0.4, 0.5) is 0 Å². The highest BCUT2D eigenvalue weighted by Gasteiger charge is 2.15. The van der Waals surface area contributed by atoms with E-state index < -0.39 is 0 Å². The van der Waals surface area contributed by atoms with Gasteiger partial charge >= 0.3 is 0 Å². The van der Waals surface area contributed by atoms with Crippen molar-refractivity contribution in [1.29, 1.82) is 0 Å². The van der Waals surface area contributed by atoms with Crippen LogP contribution in [0.15, 0.2) is 18.2 Å². The largest absolute Gasteiger partial charge is 0.508 e. The van der Waals surface area contributed by atoms with Gasteiger partial charge in [-0.15, -0.1) is 0 Å². The Morgan fingerprint density at radius 3 is 2.28 bits per heavy atom. The van der Waals surface area contributed by atoms with Crippen molar-refractivity contribution in [3.05, 3.63) is 23.8 Å². The Bertz CT molecular complexity index is 347. The van der Waals surface area contributed by atoms with Crippen LogP contribution in [0.2, 0.25) is 0 Å². The van der Waals surface area contributed by atoms with Crippen LogP contribution < -0.4 is 0 Å². The second-order valence-corrected chi connectivity index (χ2v) is 5.08. The Morgan fingerprint density at radius 1 is 0.944 bits per heavy atom. The van der Waals surface area contributed by atoms with Crippen LogP contribution >= 0.6 is 0 Å². The number of hydrogen-bond donors (Lipinski definition) is 2. The molecular weight excluding hydrogens is 224 g/mol. The van der Waals surface area contributed by atoms with Crippen molar-refractivity contribution < 1.29 is 10.2 Å². The van der Waals surface area contributed by atoms with Crippen LogP contribution in [0.5, 0.6) is 11.5 Å². The van der Waals surface area contributed by atoms with Gasteiger partial charge in [-0.3, -0.25) is 0 Å². The highest BCUT2D eigenvalue weighted by atomic mass is 16.3. The van der Waals surface area contributed by atoms with Gasteiger partial charge in [0.1, 0.15) is 11.5 Å². The smallest absolute Gasteiger partial charge is 0.119 e. The number of rotatable bonds is 8. The zero-order valence-electron chi connectivity index (χ0n) is 11.7. The summed E-state index contributed by atoms with van der Waals surface area (Å²) in [4.78, 5) is 0. The quantitative estimate of drug-likeness (QED) is 0.506. The zero-order chi connectivity index (χ0) is 13.4. The molecule has 0 fully saturated rings. The van der Waals surface area contributed by atoms with E-state index in [4.69, 9.17) is 0 Å². The van der Waals surface area contributed by atoms with Crippen LogP contribution in [-0.4, -0.2) is 10.2 Å². The second kappa shape index (κ2) is 8.02. The number of aromatic hydroxyl groups is 2. The summed E-state index contributed by atoms with van der Waals surface area (Å²) in [5, 5.41) is 19.5. The Balaban J connectivity index is 2.75. The molecule has 0 spiro atoms. The molecule has 1 aromatic rings. The van der Waals surface area contributed by atoms with Crippen LogP contribution in [0, 0.1) is 0 Å². The first kappa shape index (κ1) is 14.9. The molecule has 18 heavy (non-hydrogen) atoms. The van der Waals surface area contributed by atoms with Crippen LogP contribution in [0.1, 0.15) is 70.3 Å². The molecular formula is C16H26O2. The van der Waals surface area contributed by atoms with E-state index in [0.29, 0.717) is 11.7 Å². The molecule has 0 aliphatic rings. The Kier molecular flexibility index (Phi) is 6.63. The van der Waals surface area contributed by atoms with Crippen molar-refractivity contribution in [2.75, 3.05) is 0 Å². The fraction of sp³-hybridized carbons (Fsp3) is 0.625. The van der Waals surface area contributed by atoms with Crippen molar-refractivity contribution >= 4 is 0 Å². The SMILES string of the molecule is CCCCCC(CCCC)c1cc(O)ccc1O. The second-order valence-electron chi connectivity index (χ2n) is 5.08. The fourth-order valence-corrected chi connectivity index (χ4v) is 2.42. The zero-order valence-corrected chi connectivity index (χ0v) is 11.7. The Hall–Kier alpha value is -1.18. The summed E-state index contributed by atoms with van der Waals surface area (Å²) in [6.45, 7) is 4.39. The summed E-state index contributed by atoms with van der Waals surface area (Å²) in [5.41, 5.74) is 0.916. The maximum Gasteiger partial charge on any atom is 0.119 e. The molecule has 0 aliphatic carbocycles. The number of phenolic OH excluding ortho intramolecular Hbond substituents is 2. The number of hydrogen-bond acceptors (Lipinski definition) is 2. The molecule has 1 aromatic carbocycles. The van der Waals surface area contributed by atoms with Gasteiger partial charge in [0.2, 0.25) is 0 Å². The lowest BCUT2D eigenvalue weighted by Gasteiger charge is -2.18. The minimum absolute atomic E-state index is 0.250. The maximum atomic E-state index is 9.95. The van der Waals surface area contributed by atoms with E-state index in [2.05, 4.69) is 13.8 Å². The van der Waals surface area contributed by atoms with Gasteiger partial charge in [0.15, 0.2) is 0 Å². The van der Waals surface area contributed by atoms with E-state index >= 15 is 0 Å². The van der Waals surface area contributed by atoms with Gasteiger partial charge in [0.25, 0.3) is 0 Å². The minimum atomic E-state index is 0.250. The van der Waals surface area contributed by atoms with Crippen molar-refractivity contribution in [3.8, 4) is 11.5 Å². The van der Waals surface area contributed by atoms with Crippen molar-refractivity contribution in [2.45, 2.75) is 64.7 Å². The van der Waals surface area contributed by atoms with Crippen molar-refractivity contribution in [1.82, 2.24) is 0 Å². The van der Waals surface area contributed by atoms with Gasteiger partial charge in [-0.2, -0.15) is 0 Å². The molecule has 0 saturated heterocycles. The molecule has 1 rings (SSSR count). The summed E-state index contributed by atoms with van der Waals surface area (Å²) in [6, 6.07) is 4.87. The van der Waals surface area contributed by atoms with E-state index in [9.17, 15) is 10.2 Å². The topological polar surface area (TPSA) is 40.5 Å². The molecule has 0 radical (unpaired) electrons. The molecule has 2 nitrogen and oxygen atoms in total. The maximum absolute atomic E-state index is 9.95. The van der Waals surface area contributed by atoms with Crippen LogP contribution in [0.25, 0.3) is 0 Å². The minimum Gasteiger partial charge on any atom is -0.508 e. The van der Waals surface area contributed by atoms with Gasteiger partial charge in [0, 0.05) is 5.56 Å². The first-order valence-electron chi connectivity index (χ1n) is 7.20. The first-order valence-corrected chi connectivity index (χ1v) is 7.20. The fourth-order valence-electron chi connectivity index (χ4n) is 2.42. The van der Waals surface area contributed by atoms with Gasteiger partial charge < -0.3 is 10.2 Å².